The number of hydrogen-bond donors (Lipinski definition) is 1. The summed E-state index contributed by atoms with van der Waals surface area (Å²) in [6, 6.07) is 7.93. The lowest BCUT2D eigenvalue weighted by atomic mass is 10.1. The Morgan fingerprint density at radius 2 is 2.30 bits per heavy atom. The molecule has 0 bridgehead atoms. The van der Waals surface area contributed by atoms with E-state index in [0.717, 1.165) is 10.0 Å². The summed E-state index contributed by atoms with van der Waals surface area (Å²) < 4.78 is 6.80. The largest absolute Gasteiger partial charge is 0.370 e. The van der Waals surface area contributed by atoms with Crippen molar-refractivity contribution >= 4 is 21.8 Å². The van der Waals surface area contributed by atoms with E-state index in [1.54, 1.807) is 17.3 Å². The molecule has 6 heteroatoms. The molecule has 1 amide bonds. The Labute approximate surface area is 125 Å². The summed E-state index contributed by atoms with van der Waals surface area (Å²) in [6.07, 6.45) is 3.06. The van der Waals surface area contributed by atoms with Crippen molar-refractivity contribution in [1.29, 1.82) is 0 Å². The van der Waals surface area contributed by atoms with Gasteiger partial charge < -0.3 is 9.64 Å². The highest BCUT2D eigenvalue weighted by Gasteiger charge is 2.27. The monoisotopic (exact) mass is 335 g/mol. The number of aromatic amines is 1. The van der Waals surface area contributed by atoms with E-state index in [0.29, 0.717) is 25.3 Å². The van der Waals surface area contributed by atoms with Gasteiger partial charge in [0.2, 0.25) is 0 Å². The van der Waals surface area contributed by atoms with E-state index in [-0.39, 0.29) is 12.0 Å². The van der Waals surface area contributed by atoms with Crippen molar-refractivity contribution in [3.05, 3.63) is 52.3 Å². The SMILES string of the molecule is O=C(c1cn[nH]c1)N1CCO[C@H](c2ccccc2Br)C1. The van der Waals surface area contributed by atoms with Gasteiger partial charge in [0.1, 0.15) is 6.10 Å². The Hall–Kier alpha value is -1.66. The summed E-state index contributed by atoms with van der Waals surface area (Å²) in [5.74, 6) is -0.0147. The highest BCUT2D eigenvalue weighted by molar-refractivity contribution is 9.10. The summed E-state index contributed by atoms with van der Waals surface area (Å²) in [4.78, 5) is 14.1. The number of carbonyl (C=O) groups excluding carboxylic acids is 1. The highest BCUT2D eigenvalue weighted by Crippen LogP contribution is 2.29. The first-order valence-electron chi connectivity index (χ1n) is 6.40. The normalized spacial score (nSPS) is 19.1. The van der Waals surface area contributed by atoms with E-state index < -0.39 is 0 Å². The van der Waals surface area contributed by atoms with E-state index in [2.05, 4.69) is 26.1 Å². The first-order valence-corrected chi connectivity index (χ1v) is 7.19. The van der Waals surface area contributed by atoms with Crippen LogP contribution in [0.1, 0.15) is 22.0 Å². The predicted molar refractivity (Wildman–Crippen MR) is 77.3 cm³/mol. The van der Waals surface area contributed by atoms with E-state index in [9.17, 15) is 4.79 Å². The molecule has 1 fully saturated rings. The Balaban J connectivity index is 1.77. The van der Waals surface area contributed by atoms with Gasteiger partial charge in [0.05, 0.1) is 24.9 Å². The Morgan fingerprint density at radius 1 is 1.45 bits per heavy atom. The van der Waals surface area contributed by atoms with Crippen LogP contribution in [0.4, 0.5) is 0 Å². The summed E-state index contributed by atoms with van der Waals surface area (Å²) in [6.45, 7) is 1.69. The van der Waals surface area contributed by atoms with Crippen LogP contribution in [0.15, 0.2) is 41.1 Å². The fraction of sp³-hybridized carbons (Fsp3) is 0.286. The van der Waals surface area contributed by atoms with Crippen LogP contribution in [-0.2, 0) is 4.74 Å². The number of aromatic nitrogens is 2. The number of H-pyrrole nitrogens is 1. The molecule has 1 aromatic heterocycles. The Kier molecular flexibility index (Phi) is 3.84. The van der Waals surface area contributed by atoms with Crippen molar-refractivity contribution in [2.45, 2.75) is 6.10 Å². The van der Waals surface area contributed by atoms with Gasteiger partial charge in [-0.1, -0.05) is 34.1 Å². The fourth-order valence-electron chi connectivity index (χ4n) is 2.31. The van der Waals surface area contributed by atoms with E-state index in [1.165, 1.54) is 0 Å². The smallest absolute Gasteiger partial charge is 0.257 e. The minimum atomic E-state index is -0.102. The lowest BCUT2D eigenvalue weighted by molar-refractivity contribution is -0.0231. The molecular weight excluding hydrogens is 322 g/mol. The molecule has 0 radical (unpaired) electrons. The number of nitrogens with one attached hydrogen (secondary N) is 1. The molecule has 1 aliphatic heterocycles. The maximum absolute atomic E-state index is 12.3. The van der Waals surface area contributed by atoms with Crippen molar-refractivity contribution in [2.75, 3.05) is 19.7 Å². The fourth-order valence-corrected chi connectivity index (χ4v) is 2.85. The average molecular weight is 336 g/mol. The van der Waals surface area contributed by atoms with Gasteiger partial charge in [-0.05, 0) is 11.6 Å². The van der Waals surface area contributed by atoms with Crippen molar-refractivity contribution in [2.24, 2.45) is 0 Å². The molecule has 0 spiro atoms. The first kappa shape index (κ1) is 13.3. The van der Waals surface area contributed by atoms with E-state index >= 15 is 0 Å². The quantitative estimate of drug-likeness (QED) is 0.916. The molecule has 1 aliphatic rings. The van der Waals surface area contributed by atoms with Gasteiger partial charge >= 0.3 is 0 Å². The number of ether oxygens (including phenoxy) is 1. The third-order valence-corrected chi connectivity index (χ3v) is 4.07. The summed E-state index contributed by atoms with van der Waals surface area (Å²) in [5.41, 5.74) is 1.65. The number of carbonyl (C=O) groups is 1. The third kappa shape index (κ3) is 2.62. The molecule has 3 rings (SSSR count). The standard InChI is InChI=1S/C14H14BrN3O2/c15-12-4-2-1-3-11(12)13-9-18(5-6-20-13)14(19)10-7-16-17-8-10/h1-4,7-8,13H,5-6,9H2,(H,16,17)/t13-/m0/s1. The minimum Gasteiger partial charge on any atom is -0.370 e. The average Bonchev–Trinajstić information content (AvgIpc) is 3.01. The second-order valence-corrected chi connectivity index (χ2v) is 5.47. The first-order chi connectivity index (χ1) is 9.75. The zero-order valence-electron chi connectivity index (χ0n) is 10.8. The van der Waals surface area contributed by atoms with Gasteiger partial charge in [-0.3, -0.25) is 9.89 Å². The van der Waals surface area contributed by atoms with Crippen molar-refractivity contribution in [3.63, 3.8) is 0 Å². The molecule has 20 heavy (non-hydrogen) atoms. The number of morpholine rings is 1. The topological polar surface area (TPSA) is 58.2 Å². The van der Waals surface area contributed by atoms with Crippen molar-refractivity contribution in [1.82, 2.24) is 15.1 Å². The minimum absolute atomic E-state index is 0.0147. The van der Waals surface area contributed by atoms with Crippen molar-refractivity contribution < 1.29 is 9.53 Å². The van der Waals surface area contributed by atoms with Crippen LogP contribution in [-0.4, -0.2) is 40.7 Å². The molecule has 1 saturated heterocycles. The van der Waals surface area contributed by atoms with Crippen LogP contribution in [0.2, 0.25) is 0 Å². The number of benzene rings is 1. The van der Waals surface area contributed by atoms with Gasteiger partial charge in [0, 0.05) is 17.2 Å². The zero-order valence-corrected chi connectivity index (χ0v) is 12.3. The highest BCUT2D eigenvalue weighted by atomic mass is 79.9. The van der Waals surface area contributed by atoms with E-state index in [1.807, 2.05) is 24.3 Å². The van der Waals surface area contributed by atoms with Gasteiger partial charge in [-0.15, -0.1) is 0 Å². The van der Waals surface area contributed by atoms with Crippen LogP contribution in [0.3, 0.4) is 0 Å². The maximum Gasteiger partial charge on any atom is 0.257 e. The summed E-state index contributed by atoms with van der Waals surface area (Å²) in [5, 5.41) is 6.48. The van der Waals surface area contributed by atoms with Crippen molar-refractivity contribution in [3.8, 4) is 0 Å². The van der Waals surface area contributed by atoms with Crippen LogP contribution >= 0.6 is 15.9 Å². The van der Waals surface area contributed by atoms with Crippen LogP contribution in [0.25, 0.3) is 0 Å². The lowest BCUT2D eigenvalue weighted by Gasteiger charge is -2.33. The molecule has 5 nitrogen and oxygen atoms in total. The molecule has 0 unspecified atom stereocenters. The zero-order chi connectivity index (χ0) is 13.9. The second kappa shape index (κ2) is 5.76. The molecular formula is C14H14BrN3O2. The van der Waals surface area contributed by atoms with E-state index in [4.69, 9.17) is 4.74 Å². The lowest BCUT2D eigenvalue weighted by Crippen LogP contribution is -2.42. The molecule has 2 heterocycles. The van der Waals surface area contributed by atoms with Gasteiger partial charge in [-0.2, -0.15) is 5.10 Å². The van der Waals surface area contributed by atoms with Crippen LogP contribution in [0, 0.1) is 0 Å². The number of amides is 1. The molecule has 0 saturated carbocycles. The number of nitrogens with zero attached hydrogens (tertiary/aromatic N) is 2. The maximum atomic E-state index is 12.3. The van der Waals surface area contributed by atoms with Crippen LogP contribution < -0.4 is 0 Å². The van der Waals surface area contributed by atoms with Gasteiger partial charge in [0.25, 0.3) is 5.91 Å². The molecule has 1 N–H and O–H groups in total. The molecule has 0 aliphatic carbocycles. The molecule has 1 aromatic carbocycles. The Morgan fingerprint density at radius 3 is 3.05 bits per heavy atom. The molecule has 2 aromatic rings. The number of hydrogen-bond acceptors (Lipinski definition) is 3. The Bertz CT molecular complexity index is 600. The summed E-state index contributed by atoms with van der Waals surface area (Å²) in [7, 11) is 0. The second-order valence-electron chi connectivity index (χ2n) is 4.62. The van der Waals surface area contributed by atoms with Gasteiger partial charge in [0.15, 0.2) is 0 Å². The third-order valence-electron chi connectivity index (χ3n) is 3.35. The number of rotatable bonds is 2. The van der Waals surface area contributed by atoms with Crippen LogP contribution in [0.5, 0.6) is 0 Å². The predicted octanol–water partition coefficient (Wildman–Crippen LogP) is 2.39. The van der Waals surface area contributed by atoms with Gasteiger partial charge in [-0.25, -0.2) is 0 Å². The number of halogens is 1. The molecule has 1 atom stereocenters. The summed E-state index contributed by atoms with van der Waals surface area (Å²) >= 11 is 3.53. The molecule has 104 valence electrons.